The fourth-order valence-corrected chi connectivity index (χ4v) is 3.87. The standard InChI is InChI=1S/C11H8BrClN2S/c12-7-3-1-2-6-8(13)10(16-9(6)7)11-14-4-5-15-11/h1-3H,4-5H2,(H,14,15). The highest BCUT2D eigenvalue weighted by Crippen LogP contribution is 2.39. The minimum absolute atomic E-state index is 0.800. The molecule has 0 fully saturated rings. The van der Waals surface area contributed by atoms with Crippen LogP contribution in [0.4, 0.5) is 0 Å². The van der Waals surface area contributed by atoms with Crippen molar-refractivity contribution in [3.8, 4) is 0 Å². The number of hydrogen-bond acceptors (Lipinski definition) is 3. The average molecular weight is 316 g/mol. The van der Waals surface area contributed by atoms with Crippen molar-refractivity contribution >= 4 is 54.8 Å². The number of amidine groups is 1. The van der Waals surface area contributed by atoms with Crippen molar-refractivity contribution in [2.75, 3.05) is 13.1 Å². The zero-order valence-corrected chi connectivity index (χ0v) is 11.4. The second-order valence-corrected chi connectivity index (χ2v) is 5.77. The number of fused-ring (bicyclic) bond motifs is 1. The highest BCUT2D eigenvalue weighted by Gasteiger charge is 2.18. The Hall–Kier alpha value is -0.580. The molecule has 5 heteroatoms. The minimum Gasteiger partial charge on any atom is -0.367 e. The molecule has 0 atom stereocenters. The van der Waals surface area contributed by atoms with Crippen molar-refractivity contribution in [3.05, 3.63) is 32.6 Å². The molecule has 1 aliphatic rings. The molecular formula is C11H8BrClN2S. The minimum atomic E-state index is 0.800. The molecule has 0 aliphatic carbocycles. The summed E-state index contributed by atoms with van der Waals surface area (Å²) in [5.41, 5.74) is 0. The Morgan fingerprint density at radius 1 is 1.44 bits per heavy atom. The molecule has 0 amide bonds. The Kier molecular flexibility index (Phi) is 2.65. The van der Waals surface area contributed by atoms with E-state index in [1.807, 2.05) is 18.2 Å². The summed E-state index contributed by atoms with van der Waals surface area (Å²) >= 11 is 11.6. The van der Waals surface area contributed by atoms with Gasteiger partial charge in [0.1, 0.15) is 5.84 Å². The highest BCUT2D eigenvalue weighted by molar-refractivity contribution is 9.10. The van der Waals surface area contributed by atoms with Crippen molar-refractivity contribution in [2.24, 2.45) is 4.99 Å². The van der Waals surface area contributed by atoms with Gasteiger partial charge in [-0.3, -0.25) is 4.99 Å². The highest BCUT2D eigenvalue weighted by atomic mass is 79.9. The summed E-state index contributed by atoms with van der Waals surface area (Å²) in [6, 6.07) is 6.07. The molecule has 0 radical (unpaired) electrons. The summed E-state index contributed by atoms with van der Waals surface area (Å²) in [4.78, 5) is 5.45. The molecule has 1 aromatic heterocycles. The summed E-state index contributed by atoms with van der Waals surface area (Å²) in [5, 5.41) is 5.15. The van der Waals surface area contributed by atoms with Crippen LogP contribution in [0, 0.1) is 0 Å². The first kappa shape index (κ1) is 10.6. The van der Waals surface area contributed by atoms with E-state index in [1.54, 1.807) is 11.3 Å². The quantitative estimate of drug-likeness (QED) is 0.853. The van der Waals surface area contributed by atoms with Crippen molar-refractivity contribution in [1.82, 2.24) is 5.32 Å². The summed E-state index contributed by atoms with van der Waals surface area (Å²) in [5.74, 6) is 0.929. The molecule has 2 heterocycles. The predicted octanol–water partition coefficient (Wildman–Crippen LogP) is 3.67. The average Bonchev–Trinajstić information content (AvgIpc) is 2.88. The van der Waals surface area contributed by atoms with E-state index in [-0.39, 0.29) is 0 Å². The molecule has 2 nitrogen and oxygen atoms in total. The molecule has 0 spiro atoms. The SMILES string of the molecule is Clc1c(C2=NCCN2)sc2c(Br)cccc12. The lowest BCUT2D eigenvalue weighted by atomic mass is 10.2. The number of nitrogens with one attached hydrogen (secondary N) is 1. The normalized spacial score (nSPS) is 15.2. The van der Waals surface area contributed by atoms with Gasteiger partial charge in [-0.25, -0.2) is 0 Å². The van der Waals surface area contributed by atoms with Gasteiger partial charge in [0.15, 0.2) is 0 Å². The Morgan fingerprint density at radius 3 is 3.00 bits per heavy atom. The van der Waals surface area contributed by atoms with Gasteiger partial charge in [0.05, 0.1) is 21.1 Å². The topological polar surface area (TPSA) is 24.4 Å². The van der Waals surface area contributed by atoms with Gasteiger partial charge in [0, 0.05) is 16.4 Å². The van der Waals surface area contributed by atoms with Crippen molar-refractivity contribution < 1.29 is 0 Å². The summed E-state index contributed by atoms with van der Waals surface area (Å²) < 4.78 is 2.26. The van der Waals surface area contributed by atoms with Crippen LogP contribution in [-0.4, -0.2) is 18.9 Å². The van der Waals surface area contributed by atoms with Gasteiger partial charge in [-0.1, -0.05) is 23.7 Å². The molecule has 3 rings (SSSR count). The maximum absolute atomic E-state index is 6.38. The van der Waals surface area contributed by atoms with E-state index in [0.29, 0.717) is 0 Å². The van der Waals surface area contributed by atoms with Crippen LogP contribution >= 0.6 is 38.9 Å². The van der Waals surface area contributed by atoms with E-state index in [4.69, 9.17) is 11.6 Å². The van der Waals surface area contributed by atoms with Gasteiger partial charge in [-0.2, -0.15) is 0 Å². The molecular weight excluding hydrogens is 308 g/mol. The number of hydrogen-bond donors (Lipinski definition) is 1. The molecule has 0 bridgehead atoms. The van der Waals surface area contributed by atoms with E-state index >= 15 is 0 Å². The third kappa shape index (κ3) is 1.56. The summed E-state index contributed by atoms with van der Waals surface area (Å²) in [7, 11) is 0. The summed E-state index contributed by atoms with van der Waals surface area (Å²) in [6.45, 7) is 1.74. The lowest BCUT2D eigenvalue weighted by Gasteiger charge is -1.97. The molecule has 2 aromatic rings. The van der Waals surface area contributed by atoms with E-state index in [2.05, 4.69) is 26.2 Å². The molecule has 1 aliphatic heterocycles. The number of nitrogens with zero attached hydrogens (tertiary/aromatic N) is 1. The van der Waals surface area contributed by atoms with E-state index in [0.717, 1.165) is 38.7 Å². The zero-order valence-electron chi connectivity index (χ0n) is 8.26. The number of rotatable bonds is 1. The van der Waals surface area contributed by atoms with Crippen molar-refractivity contribution in [1.29, 1.82) is 0 Å². The van der Waals surface area contributed by atoms with E-state index in [1.165, 1.54) is 4.70 Å². The van der Waals surface area contributed by atoms with Crippen LogP contribution in [-0.2, 0) is 0 Å². The van der Waals surface area contributed by atoms with E-state index in [9.17, 15) is 0 Å². The Balaban J connectivity index is 2.27. The van der Waals surface area contributed by atoms with Crippen LogP contribution < -0.4 is 5.32 Å². The second kappa shape index (κ2) is 4.02. The zero-order chi connectivity index (χ0) is 11.1. The van der Waals surface area contributed by atoms with Gasteiger partial charge in [-0.05, 0) is 22.0 Å². The van der Waals surface area contributed by atoms with Crippen LogP contribution in [0.15, 0.2) is 27.7 Å². The molecule has 0 saturated carbocycles. The van der Waals surface area contributed by atoms with Crippen molar-refractivity contribution in [3.63, 3.8) is 0 Å². The number of thiophene rings is 1. The Labute approximate surface area is 110 Å². The number of benzene rings is 1. The van der Waals surface area contributed by atoms with Gasteiger partial charge < -0.3 is 5.32 Å². The maximum Gasteiger partial charge on any atom is 0.140 e. The largest absolute Gasteiger partial charge is 0.367 e. The number of aliphatic imine (C=N–C) groups is 1. The van der Waals surface area contributed by atoms with Crippen molar-refractivity contribution in [2.45, 2.75) is 0 Å². The van der Waals surface area contributed by atoms with Gasteiger partial charge in [0.25, 0.3) is 0 Å². The van der Waals surface area contributed by atoms with Gasteiger partial charge >= 0.3 is 0 Å². The number of halogens is 2. The molecule has 1 aromatic carbocycles. The van der Waals surface area contributed by atoms with Gasteiger partial charge in [-0.15, -0.1) is 11.3 Å². The van der Waals surface area contributed by atoms with E-state index < -0.39 is 0 Å². The fourth-order valence-electron chi connectivity index (χ4n) is 1.76. The summed E-state index contributed by atoms with van der Waals surface area (Å²) in [6.07, 6.45) is 0. The maximum atomic E-state index is 6.38. The van der Waals surface area contributed by atoms with Crippen LogP contribution in [0.2, 0.25) is 5.02 Å². The first-order valence-corrected chi connectivity index (χ1v) is 6.91. The lowest BCUT2D eigenvalue weighted by Crippen LogP contribution is -2.18. The first-order valence-electron chi connectivity index (χ1n) is 4.92. The third-order valence-corrected chi connectivity index (χ3v) is 5.17. The molecule has 16 heavy (non-hydrogen) atoms. The van der Waals surface area contributed by atoms with Crippen LogP contribution in [0.25, 0.3) is 10.1 Å². The molecule has 0 saturated heterocycles. The monoisotopic (exact) mass is 314 g/mol. The van der Waals surface area contributed by atoms with Crippen LogP contribution in [0.5, 0.6) is 0 Å². The predicted molar refractivity (Wildman–Crippen MR) is 73.9 cm³/mol. The molecule has 82 valence electrons. The first-order chi connectivity index (χ1) is 7.77. The van der Waals surface area contributed by atoms with Gasteiger partial charge in [0.2, 0.25) is 0 Å². The fraction of sp³-hybridized carbons (Fsp3) is 0.182. The lowest BCUT2D eigenvalue weighted by molar-refractivity contribution is 0.960. The Bertz CT molecular complexity index is 591. The smallest absolute Gasteiger partial charge is 0.140 e. The molecule has 1 N–H and O–H groups in total. The third-order valence-electron chi connectivity index (χ3n) is 2.50. The van der Waals surface area contributed by atoms with Crippen LogP contribution in [0.1, 0.15) is 4.88 Å². The Morgan fingerprint density at radius 2 is 2.31 bits per heavy atom. The molecule has 0 unspecified atom stereocenters. The van der Waals surface area contributed by atoms with Crippen LogP contribution in [0.3, 0.4) is 0 Å². The second-order valence-electron chi connectivity index (χ2n) is 3.52.